The smallest absolute Gasteiger partial charge is 0.0762 e. The molecule has 1 aromatic heterocycles. The van der Waals surface area contributed by atoms with Crippen molar-refractivity contribution in [1.29, 1.82) is 0 Å². The molecule has 1 saturated heterocycles. The first kappa shape index (κ1) is 11.6. The van der Waals surface area contributed by atoms with Gasteiger partial charge in [-0.2, -0.15) is 5.10 Å². The second-order valence-corrected chi connectivity index (χ2v) is 4.56. The lowest BCUT2D eigenvalue weighted by Crippen LogP contribution is -2.35. The quantitative estimate of drug-likeness (QED) is 0.754. The summed E-state index contributed by atoms with van der Waals surface area (Å²) in [5.74, 6) is 0. The second-order valence-electron chi connectivity index (χ2n) is 4.56. The Morgan fingerprint density at radius 1 is 1.31 bits per heavy atom. The van der Waals surface area contributed by atoms with Gasteiger partial charge in [0.2, 0.25) is 0 Å². The molecule has 0 bridgehead atoms. The molecule has 0 unspecified atom stereocenters. The Labute approximate surface area is 97.6 Å². The number of rotatable bonds is 5. The predicted octanol–water partition coefficient (Wildman–Crippen LogP) is 0.996. The maximum Gasteiger partial charge on any atom is 0.0762 e. The molecule has 0 saturated carbocycles. The first-order chi connectivity index (χ1) is 7.84. The van der Waals surface area contributed by atoms with Crippen LogP contribution >= 0.6 is 0 Å². The number of likely N-dealkylation sites (tertiary alicyclic amines) is 1. The summed E-state index contributed by atoms with van der Waals surface area (Å²) in [7, 11) is 1.96. The molecule has 0 amide bonds. The Kier molecular flexibility index (Phi) is 4.36. The van der Waals surface area contributed by atoms with Gasteiger partial charge in [-0.25, -0.2) is 0 Å². The van der Waals surface area contributed by atoms with Crippen LogP contribution in [-0.4, -0.2) is 40.9 Å². The van der Waals surface area contributed by atoms with Gasteiger partial charge in [-0.1, -0.05) is 6.42 Å². The fraction of sp³-hybridized carbons (Fsp3) is 0.750. The molecule has 4 nitrogen and oxygen atoms in total. The molecule has 1 aliphatic rings. The molecule has 90 valence electrons. The molecule has 0 aliphatic carbocycles. The Bertz CT molecular complexity index is 302. The van der Waals surface area contributed by atoms with E-state index in [-0.39, 0.29) is 0 Å². The van der Waals surface area contributed by atoms with Gasteiger partial charge in [0.25, 0.3) is 0 Å². The van der Waals surface area contributed by atoms with Crippen molar-refractivity contribution in [3.05, 3.63) is 18.0 Å². The molecule has 1 N–H and O–H groups in total. The topological polar surface area (TPSA) is 33.1 Å². The van der Waals surface area contributed by atoms with Crippen LogP contribution < -0.4 is 5.32 Å². The number of hydrogen-bond acceptors (Lipinski definition) is 3. The highest BCUT2D eigenvalue weighted by molar-refractivity contribution is 4.97. The average molecular weight is 222 g/mol. The van der Waals surface area contributed by atoms with E-state index in [9.17, 15) is 0 Å². The van der Waals surface area contributed by atoms with Crippen molar-refractivity contribution in [3.63, 3.8) is 0 Å². The van der Waals surface area contributed by atoms with Gasteiger partial charge in [0.05, 0.1) is 5.69 Å². The van der Waals surface area contributed by atoms with E-state index >= 15 is 0 Å². The summed E-state index contributed by atoms with van der Waals surface area (Å²) in [5, 5.41) is 7.78. The van der Waals surface area contributed by atoms with Gasteiger partial charge in [-0.15, -0.1) is 0 Å². The molecule has 16 heavy (non-hydrogen) atoms. The number of piperidine rings is 1. The maximum absolute atomic E-state index is 4.34. The van der Waals surface area contributed by atoms with Gasteiger partial charge in [-0.05, 0) is 32.0 Å². The zero-order valence-corrected chi connectivity index (χ0v) is 10.2. The minimum Gasteiger partial charge on any atom is -0.310 e. The number of nitrogens with one attached hydrogen (secondary N) is 1. The van der Waals surface area contributed by atoms with Gasteiger partial charge in [0.1, 0.15) is 0 Å². The van der Waals surface area contributed by atoms with Gasteiger partial charge < -0.3 is 10.2 Å². The first-order valence-electron chi connectivity index (χ1n) is 6.26. The van der Waals surface area contributed by atoms with E-state index < -0.39 is 0 Å². The van der Waals surface area contributed by atoms with E-state index in [1.54, 1.807) is 0 Å². The highest BCUT2D eigenvalue weighted by atomic mass is 15.3. The molecular weight excluding hydrogens is 200 g/mol. The fourth-order valence-corrected chi connectivity index (χ4v) is 2.19. The van der Waals surface area contributed by atoms with E-state index in [1.165, 1.54) is 38.9 Å². The Hall–Kier alpha value is -0.870. The normalized spacial score (nSPS) is 17.8. The molecule has 0 spiro atoms. The monoisotopic (exact) mass is 222 g/mol. The van der Waals surface area contributed by atoms with Crippen molar-refractivity contribution in [2.45, 2.75) is 25.8 Å². The Morgan fingerprint density at radius 2 is 2.12 bits per heavy atom. The van der Waals surface area contributed by atoms with Gasteiger partial charge in [0.15, 0.2) is 0 Å². The molecule has 0 radical (unpaired) electrons. The summed E-state index contributed by atoms with van der Waals surface area (Å²) in [5.41, 5.74) is 1.13. The molecule has 2 rings (SSSR count). The van der Waals surface area contributed by atoms with E-state index in [4.69, 9.17) is 0 Å². The van der Waals surface area contributed by atoms with Crippen LogP contribution in [0.3, 0.4) is 0 Å². The van der Waals surface area contributed by atoms with Gasteiger partial charge >= 0.3 is 0 Å². The third-order valence-electron chi connectivity index (χ3n) is 3.13. The van der Waals surface area contributed by atoms with Crippen molar-refractivity contribution >= 4 is 0 Å². The Morgan fingerprint density at radius 3 is 2.81 bits per heavy atom. The maximum atomic E-state index is 4.34. The molecule has 1 aliphatic heterocycles. The Balaban J connectivity index is 1.57. The lowest BCUT2D eigenvalue weighted by molar-refractivity contribution is 0.229. The zero-order chi connectivity index (χ0) is 11.2. The van der Waals surface area contributed by atoms with Crippen molar-refractivity contribution < 1.29 is 0 Å². The standard InChI is InChI=1S/C12H22N4/c1-15-9-5-12(14-15)11-13-6-10-16-7-3-2-4-8-16/h5,9,13H,2-4,6-8,10-11H2,1H3. The number of aromatic nitrogens is 2. The van der Waals surface area contributed by atoms with E-state index in [0.717, 1.165) is 18.8 Å². The molecule has 2 heterocycles. The summed E-state index contributed by atoms with van der Waals surface area (Å²) >= 11 is 0. The van der Waals surface area contributed by atoms with Crippen LogP contribution in [0.1, 0.15) is 25.0 Å². The van der Waals surface area contributed by atoms with E-state index in [0.29, 0.717) is 0 Å². The highest BCUT2D eigenvalue weighted by Crippen LogP contribution is 2.07. The third-order valence-corrected chi connectivity index (χ3v) is 3.13. The highest BCUT2D eigenvalue weighted by Gasteiger charge is 2.08. The minimum absolute atomic E-state index is 0.884. The zero-order valence-electron chi connectivity index (χ0n) is 10.2. The van der Waals surface area contributed by atoms with Crippen LogP contribution in [-0.2, 0) is 13.6 Å². The lowest BCUT2D eigenvalue weighted by Gasteiger charge is -2.26. The van der Waals surface area contributed by atoms with Crippen molar-refractivity contribution in [3.8, 4) is 0 Å². The van der Waals surface area contributed by atoms with Crippen LogP contribution in [0, 0.1) is 0 Å². The molecule has 4 heteroatoms. The first-order valence-corrected chi connectivity index (χ1v) is 6.26. The van der Waals surface area contributed by atoms with Crippen molar-refractivity contribution in [2.24, 2.45) is 7.05 Å². The minimum atomic E-state index is 0.884. The SMILES string of the molecule is Cn1ccc(CNCCN2CCCCC2)n1. The summed E-state index contributed by atoms with van der Waals surface area (Å²) in [6.07, 6.45) is 6.15. The average Bonchev–Trinajstić information content (AvgIpc) is 2.72. The molecule has 0 aromatic carbocycles. The van der Waals surface area contributed by atoms with Crippen LogP contribution in [0.15, 0.2) is 12.3 Å². The van der Waals surface area contributed by atoms with Crippen LogP contribution in [0.5, 0.6) is 0 Å². The van der Waals surface area contributed by atoms with Crippen molar-refractivity contribution in [1.82, 2.24) is 20.0 Å². The third kappa shape index (κ3) is 3.61. The summed E-state index contributed by atoms with van der Waals surface area (Å²) in [6, 6.07) is 2.06. The van der Waals surface area contributed by atoms with Crippen LogP contribution in [0.25, 0.3) is 0 Å². The second kappa shape index (κ2) is 6.01. The predicted molar refractivity (Wildman–Crippen MR) is 65.2 cm³/mol. The summed E-state index contributed by atoms with van der Waals surface area (Å²) in [4.78, 5) is 2.55. The summed E-state index contributed by atoms with van der Waals surface area (Å²) < 4.78 is 1.85. The fourth-order valence-electron chi connectivity index (χ4n) is 2.19. The lowest BCUT2D eigenvalue weighted by atomic mass is 10.1. The molecule has 1 aromatic rings. The molecular formula is C12H22N4. The van der Waals surface area contributed by atoms with Crippen LogP contribution in [0.2, 0.25) is 0 Å². The molecule has 1 fully saturated rings. The number of hydrogen-bond donors (Lipinski definition) is 1. The van der Waals surface area contributed by atoms with Gasteiger partial charge in [-0.3, -0.25) is 4.68 Å². The van der Waals surface area contributed by atoms with E-state index in [2.05, 4.69) is 21.4 Å². The van der Waals surface area contributed by atoms with Crippen molar-refractivity contribution in [2.75, 3.05) is 26.2 Å². The number of aryl methyl sites for hydroxylation is 1. The van der Waals surface area contributed by atoms with Gasteiger partial charge in [0, 0.05) is 32.9 Å². The molecule has 0 atom stereocenters. The number of nitrogens with zero attached hydrogens (tertiary/aromatic N) is 3. The summed E-state index contributed by atoms with van der Waals surface area (Å²) in [6.45, 7) is 5.69. The van der Waals surface area contributed by atoms with E-state index in [1.807, 2.05) is 17.9 Å². The largest absolute Gasteiger partial charge is 0.310 e. The van der Waals surface area contributed by atoms with Crippen LogP contribution in [0.4, 0.5) is 0 Å².